The molecular weight excluding hydrogens is 192 g/mol. The van der Waals surface area contributed by atoms with Gasteiger partial charge in [-0.05, 0) is 26.3 Å². The number of rotatable bonds is 4. The summed E-state index contributed by atoms with van der Waals surface area (Å²) in [7, 11) is 2.08. The standard InChI is InChI=1S/C11H22N2O2/c1-3-4-10(12)11(14)15-9-5-7-13(2)8-6-9/h9-10H,3-8,12H2,1-2H3/t10-/m1/s1. The van der Waals surface area contributed by atoms with Crippen LogP contribution in [0.25, 0.3) is 0 Å². The molecule has 0 spiro atoms. The first-order valence-electron chi connectivity index (χ1n) is 5.78. The van der Waals surface area contributed by atoms with Crippen LogP contribution >= 0.6 is 0 Å². The van der Waals surface area contributed by atoms with Gasteiger partial charge in [0.05, 0.1) is 0 Å². The highest BCUT2D eigenvalue weighted by atomic mass is 16.5. The highest BCUT2D eigenvalue weighted by molar-refractivity contribution is 5.75. The van der Waals surface area contributed by atoms with Gasteiger partial charge in [0, 0.05) is 13.1 Å². The van der Waals surface area contributed by atoms with E-state index < -0.39 is 6.04 Å². The minimum atomic E-state index is -0.436. The van der Waals surface area contributed by atoms with Crippen LogP contribution in [0.3, 0.4) is 0 Å². The van der Waals surface area contributed by atoms with Crippen molar-refractivity contribution >= 4 is 5.97 Å². The molecule has 0 aromatic heterocycles. The monoisotopic (exact) mass is 214 g/mol. The van der Waals surface area contributed by atoms with Crippen molar-refractivity contribution in [2.24, 2.45) is 5.73 Å². The maximum atomic E-state index is 11.5. The first-order chi connectivity index (χ1) is 7.13. The fraction of sp³-hybridized carbons (Fsp3) is 0.909. The van der Waals surface area contributed by atoms with E-state index in [9.17, 15) is 4.79 Å². The molecule has 1 aliphatic rings. The fourth-order valence-corrected chi connectivity index (χ4v) is 1.78. The van der Waals surface area contributed by atoms with Gasteiger partial charge in [0.2, 0.25) is 0 Å². The van der Waals surface area contributed by atoms with Gasteiger partial charge in [-0.2, -0.15) is 0 Å². The molecule has 15 heavy (non-hydrogen) atoms. The molecule has 1 saturated heterocycles. The molecule has 0 aromatic rings. The summed E-state index contributed by atoms with van der Waals surface area (Å²) < 4.78 is 5.36. The highest BCUT2D eigenvalue weighted by Gasteiger charge is 2.22. The molecule has 0 saturated carbocycles. The molecule has 0 radical (unpaired) electrons. The molecule has 4 nitrogen and oxygen atoms in total. The molecule has 2 N–H and O–H groups in total. The summed E-state index contributed by atoms with van der Waals surface area (Å²) >= 11 is 0. The van der Waals surface area contributed by atoms with Crippen molar-refractivity contribution in [2.75, 3.05) is 20.1 Å². The number of ether oxygens (including phenoxy) is 1. The normalized spacial score (nSPS) is 21.3. The molecule has 1 atom stereocenters. The molecule has 1 fully saturated rings. The van der Waals surface area contributed by atoms with Crippen LogP contribution in [0.15, 0.2) is 0 Å². The van der Waals surface area contributed by atoms with Gasteiger partial charge in [0.1, 0.15) is 12.1 Å². The second-order valence-electron chi connectivity index (χ2n) is 4.33. The van der Waals surface area contributed by atoms with E-state index in [0.717, 1.165) is 32.4 Å². The third-order valence-corrected chi connectivity index (χ3v) is 2.85. The van der Waals surface area contributed by atoms with Crippen molar-refractivity contribution in [1.29, 1.82) is 0 Å². The van der Waals surface area contributed by atoms with Crippen LogP contribution in [0.5, 0.6) is 0 Å². The summed E-state index contributed by atoms with van der Waals surface area (Å²) in [6.45, 7) is 4.02. The number of nitrogens with zero attached hydrogens (tertiary/aromatic N) is 1. The zero-order valence-corrected chi connectivity index (χ0v) is 9.74. The number of carbonyl (C=O) groups excluding carboxylic acids is 1. The molecule has 88 valence electrons. The predicted octanol–water partition coefficient (Wildman–Crippen LogP) is 0.751. The summed E-state index contributed by atoms with van der Waals surface area (Å²) in [6, 6.07) is -0.436. The van der Waals surface area contributed by atoms with Crippen molar-refractivity contribution in [1.82, 2.24) is 4.90 Å². The zero-order chi connectivity index (χ0) is 11.3. The van der Waals surface area contributed by atoms with E-state index in [1.54, 1.807) is 0 Å². The van der Waals surface area contributed by atoms with Crippen LogP contribution in [0, 0.1) is 0 Å². The molecule has 1 heterocycles. The van der Waals surface area contributed by atoms with Crippen LogP contribution < -0.4 is 5.73 Å². The van der Waals surface area contributed by atoms with E-state index in [4.69, 9.17) is 10.5 Å². The molecule has 0 unspecified atom stereocenters. The zero-order valence-electron chi connectivity index (χ0n) is 9.74. The summed E-state index contributed by atoms with van der Waals surface area (Å²) in [5.41, 5.74) is 5.69. The van der Waals surface area contributed by atoms with Gasteiger partial charge >= 0.3 is 5.97 Å². The Balaban J connectivity index is 2.25. The van der Waals surface area contributed by atoms with Crippen LogP contribution in [0.2, 0.25) is 0 Å². The summed E-state index contributed by atoms with van der Waals surface area (Å²) in [5.74, 6) is -0.230. The number of nitrogens with two attached hydrogens (primary N) is 1. The molecule has 0 bridgehead atoms. The van der Waals surface area contributed by atoms with Gasteiger partial charge < -0.3 is 15.4 Å². The third-order valence-electron chi connectivity index (χ3n) is 2.85. The predicted molar refractivity (Wildman–Crippen MR) is 59.5 cm³/mol. The summed E-state index contributed by atoms with van der Waals surface area (Å²) in [6.07, 6.45) is 3.58. The van der Waals surface area contributed by atoms with Crippen molar-refractivity contribution in [3.05, 3.63) is 0 Å². The van der Waals surface area contributed by atoms with Crippen molar-refractivity contribution in [3.8, 4) is 0 Å². The fourth-order valence-electron chi connectivity index (χ4n) is 1.78. The van der Waals surface area contributed by atoms with Crippen molar-refractivity contribution in [2.45, 2.75) is 44.8 Å². The first kappa shape index (κ1) is 12.5. The van der Waals surface area contributed by atoms with Gasteiger partial charge in [0.25, 0.3) is 0 Å². The average molecular weight is 214 g/mol. The maximum Gasteiger partial charge on any atom is 0.323 e. The Morgan fingerprint density at radius 1 is 1.53 bits per heavy atom. The third kappa shape index (κ3) is 4.18. The molecule has 1 aliphatic heterocycles. The number of carbonyl (C=O) groups is 1. The van der Waals surface area contributed by atoms with Gasteiger partial charge in [-0.1, -0.05) is 13.3 Å². The van der Waals surface area contributed by atoms with Crippen molar-refractivity contribution in [3.63, 3.8) is 0 Å². The summed E-state index contributed by atoms with van der Waals surface area (Å²) in [5, 5.41) is 0. The number of esters is 1. The smallest absolute Gasteiger partial charge is 0.323 e. The Bertz CT molecular complexity index is 201. The Kier molecular flexibility index (Phi) is 5.05. The highest BCUT2D eigenvalue weighted by Crippen LogP contribution is 2.13. The van der Waals surface area contributed by atoms with E-state index in [-0.39, 0.29) is 12.1 Å². The Hall–Kier alpha value is -0.610. The Morgan fingerprint density at radius 2 is 2.13 bits per heavy atom. The minimum Gasteiger partial charge on any atom is -0.461 e. The molecule has 0 aliphatic carbocycles. The SMILES string of the molecule is CCC[C@@H](N)C(=O)OC1CCN(C)CC1. The van der Waals surface area contributed by atoms with Gasteiger partial charge in [-0.3, -0.25) is 4.79 Å². The molecule has 0 amide bonds. The van der Waals surface area contributed by atoms with E-state index in [2.05, 4.69) is 11.9 Å². The quantitative estimate of drug-likeness (QED) is 0.702. The lowest BCUT2D eigenvalue weighted by Crippen LogP contribution is -2.39. The van der Waals surface area contributed by atoms with Crippen LogP contribution in [0.1, 0.15) is 32.6 Å². The lowest BCUT2D eigenvalue weighted by atomic mass is 10.1. The van der Waals surface area contributed by atoms with Gasteiger partial charge in [0.15, 0.2) is 0 Å². The molecule has 4 heteroatoms. The lowest BCUT2D eigenvalue weighted by Gasteiger charge is -2.29. The number of piperidine rings is 1. The van der Waals surface area contributed by atoms with Gasteiger partial charge in [-0.25, -0.2) is 0 Å². The largest absolute Gasteiger partial charge is 0.461 e. The van der Waals surface area contributed by atoms with E-state index in [1.165, 1.54) is 0 Å². The van der Waals surface area contributed by atoms with E-state index in [0.29, 0.717) is 6.42 Å². The molecular formula is C11H22N2O2. The average Bonchev–Trinajstić information content (AvgIpc) is 2.22. The summed E-state index contributed by atoms with van der Waals surface area (Å²) in [4.78, 5) is 13.8. The van der Waals surface area contributed by atoms with Crippen LogP contribution in [0.4, 0.5) is 0 Å². The Labute approximate surface area is 91.8 Å². The number of hydrogen-bond acceptors (Lipinski definition) is 4. The van der Waals surface area contributed by atoms with Crippen molar-refractivity contribution < 1.29 is 9.53 Å². The first-order valence-corrected chi connectivity index (χ1v) is 5.78. The second-order valence-corrected chi connectivity index (χ2v) is 4.33. The maximum absolute atomic E-state index is 11.5. The van der Waals surface area contributed by atoms with E-state index in [1.807, 2.05) is 6.92 Å². The lowest BCUT2D eigenvalue weighted by molar-refractivity contribution is -0.152. The second kappa shape index (κ2) is 6.08. The molecule has 0 aromatic carbocycles. The van der Waals surface area contributed by atoms with Crippen LogP contribution in [-0.2, 0) is 9.53 Å². The Morgan fingerprint density at radius 3 is 2.67 bits per heavy atom. The van der Waals surface area contributed by atoms with Gasteiger partial charge in [-0.15, -0.1) is 0 Å². The molecule has 1 rings (SSSR count). The topological polar surface area (TPSA) is 55.6 Å². The minimum absolute atomic E-state index is 0.0802. The van der Waals surface area contributed by atoms with E-state index >= 15 is 0 Å². The number of likely N-dealkylation sites (tertiary alicyclic amines) is 1. The number of hydrogen-bond donors (Lipinski definition) is 1. The van der Waals surface area contributed by atoms with Crippen LogP contribution in [-0.4, -0.2) is 43.2 Å².